The summed E-state index contributed by atoms with van der Waals surface area (Å²) >= 11 is 12.0. The van der Waals surface area contributed by atoms with Crippen molar-refractivity contribution in [3.8, 4) is 5.75 Å². The maximum absolute atomic E-state index is 6.03. The molecule has 1 saturated carbocycles. The fourth-order valence-corrected chi connectivity index (χ4v) is 3.73. The average Bonchev–Trinajstić information content (AvgIpc) is 2.49. The molecule has 1 aromatic carbocycles. The van der Waals surface area contributed by atoms with Crippen LogP contribution in [-0.4, -0.2) is 31.1 Å². The average molecular weight is 342 g/mol. The van der Waals surface area contributed by atoms with Crippen molar-refractivity contribution in [3.05, 3.63) is 28.2 Å². The number of benzene rings is 1. The molecule has 0 unspecified atom stereocenters. The first-order valence-electron chi connectivity index (χ1n) is 8.42. The quantitative estimate of drug-likeness (QED) is 0.735. The Hall–Kier alpha value is -0.440. The summed E-state index contributed by atoms with van der Waals surface area (Å²) in [5.41, 5.74) is 0. The third kappa shape index (κ3) is 4.10. The number of nitrogens with zero attached hydrogens (tertiary/aromatic N) is 1. The first-order chi connectivity index (χ1) is 10.6. The van der Waals surface area contributed by atoms with E-state index in [2.05, 4.69) is 11.8 Å². The minimum atomic E-state index is 0.562. The van der Waals surface area contributed by atoms with Crippen molar-refractivity contribution in [2.75, 3.05) is 26.2 Å². The summed E-state index contributed by atoms with van der Waals surface area (Å²) in [5.74, 6) is 3.23. The molecule has 22 heavy (non-hydrogen) atoms. The molecular formula is C18H25Cl2NO. The first-order valence-corrected chi connectivity index (χ1v) is 9.17. The largest absolute Gasteiger partial charge is 0.493 e. The predicted molar refractivity (Wildman–Crippen MR) is 93.0 cm³/mol. The first kappa shape index (κ1) is 16.4. The predicted octanol–water partition coefficient (Wildman–Crippen LogP) is 5.13. The summed E-state index contributed by atoms with van der Waals surface area (Å²) in [6, 6.07) is 5.50. The van der Waals surface area contributed by atoms with Crippen LogP contribution in [0.1, 0.15) is 32.6 Å². The molecular weight excluding hydrogens is 317 g/mol. The molecule has 0 spiro atoms. The van der Waals surface area contributed by atoms with Crippen molar-refractivity contribution in [2.24, 2.45) is 17.8 Å². The standard InChI is InChI=1S/C18H25Cl2NO/c1-13-6-8-21(9-7-13)11-14-2-3-15(14)12-22-16-4-5-17(19)18(20)10-16/h4-5,10,13-15H,2-3,6-9,11-12H2,1H3/t14-,15+/m1/s1. The van der Waals surface area contributed by atoms with Crippen molar-refractivity contribution in [3.63, 3.8) is 0 Å². The van der Waals surface area contributed by atoms with Gasteiger partial charge in [0.2, 0.25) is 0 Å². The second kappa shape index (κ2) is 7.42. The van der Waals surface area contributed by atoms with Crippen molar-refractivity contribution in [2.45, 2.75) is 32.6 Å². The Balaban J connectivity index is 1.44. The van der Waals surface area contributed by atoms with Crippen LogP contribution in [0.15, 0.2) is 18.2 Å². The molecule has 0 amide bonds. The van der Waals surface area contributed by atoms with Crippen molar-refractivity contribution < 1.29 is 4.74 Å². The van der Waals surface area contributed by atoms with Gasteiger partial charge < -0.3 is 9.64 Å². The van der Waals surface area contributed by atoms with Gasteiger partial charge >= 0.3 is 0 Å². The van der Waals surface area contributed by atoms with E-state index in [0.717, 1.165) is 24.2 Å². The molecule has 1 aliphatic carbocycles. The lowest BCUT2D eigenvalue weighted by Crippen LogP contribution is -2.43. The maximum Gasteiger partial charge on any atom is 0.120 e. The van der Waals surface area contributed by atoms with Crippen LogP contribution < -0.4 is 4.74 Å². The van der Waals surface area contributed by atoms with E-state index in [-0.39, 0.29) is 0 Å². The monoisotopic (exact) mass is 341 g/mol. The van der Waals surface area contributed by atoms with E-state index in [9.17, 15) is 0 Å². The Morgan fingerprint density at radius 2 is 1.77 bits per heavy atom. The van der Waals surface area contributed by atoms with E-state index in [1.165, 1.54) is 45.3 Å². The SMILES string of the molecule is CC1CCN(C[C@H]2CC[C@H]2COc2ccc(Cl)c(Cl)c2)CC1. The molecule has 1 heterocycles. The van der Waals surface area contributed by atoms with Crippen molar-refractivity contribution in [1.82, 2.24) is 4.90 Å². The summed E-state index contributed by atoms with van der Waals surface area (Å²) < 4.78 is 5.92. The van der Waals surface area contributed by atoms with Gasteiger partial charge in [-0.3, -0.25) is 0 Å². The Kier molecular flexibility index (Phi) is 5.54. The molecule has 2 nitrogen and oxygen atoms in total. The number of likely N-dealkylation sites (tertiary alicyclic amines) is 1. The van der Waals surface area contributed by atoms with E-state index >= 15 is 0 Å². The summed E-state index contributed by atoms with van der Waals surface area (Å²) in [6.45, 7) is 6.97. The van der Waals surface area contributed by atoms with Gasteiger partial charge in [-0.1, -0.05) is 30.1 Å². The van der Waals surface area contributed by atoms with Gasteiger partial charge in [-0.25, -0.2) is 0 Å². The Morgan fingerprint density at radius 3 is 2.41 bits per heavy atom. The number of piperidine rings is 1. The lowest BCUT2D eigenvalue weighted by molar-refractivity contribution is 0.0565. The zero-order chi connectivity index (χ0) is 15.5. The van der Waals surface area contributed by atoms with Gasteiger partial charge in [0.15, 0.2) is 0 Å². The third-order valence-electron chi connectivity index (χ3n) is 5.30. The fraction of sp³-hybridized carbons (Fsp3) is 0.667. The highest BCUT2D eigenvalue weighted by Gasteiger charge is 2.33. The number of halogens is 2. The molecule has 2 aliphatic rings. The molecule has 4 heteroatoms. The molecule has 0 aromatic heterocycles. The molecule has 0 N–H and O–H groups in total. The Bertz CT molecular complexity index is 500. The van der Waals surface area contributed by atoms with Crippen LogP contribution in [0.3, 0.4) is 0 Å². The van der Waals surface area contributed by atoms with E-state index in [1.54, 1.807) is 6.07 Å². The zero-order valence-corrected chi connectivity index (χ0v) is 14.7. The summed E-state index contributed by atoms with van der Waals surface area (Å²) in [6.07, 6.45) is 5.35. The maximum atomic E-state index is 6.03. The number of rotatable bonds is 5. The lowest BCUT2D eigenvalue weighted by atomic mass is 9.73. The van der Waals surface area contributed by atoms with Crippen LogP contribution in [0.2, 0.25) is 10.0 Å². The Morgan fingerprint density at radius 1 is 1.05 bits per heavy atom. The minimum Gasteiger partial charge on any atom is -0.493 e. The van der Waals surface area contributed by atoms with Gasteiger partial charge in [-0.05, 0) is 68.7 Å². The van der Waals surface area contributed by atoms with Crippen molar-refractivity contribution >= 4 is 23.2 Å². The van der Waals surface area contributed by atoms with E-state index in [1.807, 2.05) is 12.1 Å². The smallest absolute Gasteiger partial charge is 0.120 e. The van der Waals surface area contributed by atoms with Gasteiger partial charge in [0.25, 0.3) is 0 Å². The molecule has 2 atom stereocenters. The lowest BCUT2D eigenvalue weighted by Gasteiger charge is -2.41. The summed E-state index contributed by atoms with van der Waals surface area (Å²) in [5, 5.41) is 1.14. The van der Waals surface area contributed by atoms with Crippen LogP contribution in [-0.2, 0) is 0 Å². The summed E-state index contributed by atoms with van der Waals surface area (Å²) in [4.78, 5) is 2.65. The zero-order valence-electron chi connectivity index (χ0n) is 13.2. The van der Waals surface area contributed by atoms with Crippen LogP contribution >= 0.6 is 23.2 Å². The van der Waals surface area contributed by atoms with E-state index < -0.39 is 0 Å². The molecule has 2 fully saturated rings. The van der Waals surface area contributed by atoms with E-state index in [4.69, 9.17) is 27.9 Å². The van der Waals surface area contributed by atoms with Crippen molar-refractivity contribution in [1.29, 1.82) is 0 Å². The van der Waals surface area contributed by atoms with E-state index in [0.29, 0.717) is 16.0 Å². The molecule has 0 bridgehead atoms. The van der Waals surface area contributed by atoms with Crippen LogP contribution in [0.25, 0.3) is 0 Å². The van der Waals surface area contributed by atoms with Crippen LogP contribution in [0, 0.1) is 17.8 Å². The molecule has 1 aliphatic heterocycles. The van der Waals surface area contributed by atoms with Crippen LogP contribution in [0.5, 0.6) is 5.75 Å². The normalized spacial score (nSPS) is 26.7. The summed E-state index contributed by atoms with van der Waals surface area (Å²) in [7, 11) is 0. The second-order valence-electron chi connectivity index (χ2n) is 6.97. The fourth-order valence-electron chi connectivity index (χ4n) is 3.44. The highest BCUT2D eigenvalue weighted by Crippen LogP contribution is 2.36. The molecule has 1 aromatic rings. The van der Waals surface area contributed by atoms with Gasteiger partial charge in [0.05, 0.1) is 16.7 Å². The Labute approximate surface area is 143 Å². The molecule has 1 saturated heterocycles. The van der Waals surface area contributed by atoms with Gasteiger partial charge in [-0.2, -0.15) is 0 Å². The molecule has 122 valence electrons. The number of hydrogen-bond acceptors (Lipinski definition) is 2. The third-order valence-corrected chi connectivity index (χ3v) is 6.04. The van der Waals surface area contributed by atoms with Gasteiger partial charge in [0.1, 0.15) is 5.75 Å². The second-order valence-corrected chi connectivity index (χ2v) is 7.78. The van der Waals surface area contributed by atoms with Gasteiger partial charge in [0, 0.05) is 12.6 Å². The molecule has 0 radical (unpaired) electrons. The topological polar surface area (TPSA) is 12.5 Å². The van der Waals surface area contributed by atoms with Gasteiger partial charge in [-0.15, -0.1) is 0 Å². The molecule has 3 rings (SSSR count). The highest BCUT2D eigenvalue weighted by molar-refractivity contribution is 6.42. The minimum absolute atomic E-state index is 0.562. The number of ether oxygens (including phenoxy) is 1. The van der Waals surface area contributed by atoms with Crippen LogP contribution in [0.4, 0.5) is 0 Å². The highest BCUT2D eigenvalue weighted by atomic mass is 35.5. The number of hydrogen-bond donors (Lipinski definition) is 0.